The first-order valence-electron chi connectivity index (χ1n) is 9.26. The number of esters is 1. The van der Waals surface area contributed by atoms with Gasteiger partial charge >= 0.3 is 5.97 Å². The number of aromatic nitrogens is 1. The zero-order valence-corrected chi connectivity index (χ0v) is 16.9. The Morgan fingerprint density at radius 2 is 2.18 bits per heavy atom. The molecule has 1 unspecified atom stereocenters. The molecule has 0 aliphatic carbocycles. The third-order valence-electron chi connectivity index (χ3n) is 4.60. The van der Waals surface area contributed by atoms with Crippen LogP contribution in [0.3, 0.4) is 0 Å². The third kappa shape index (κ3) is 4.81. The number of nitrogens with zero attached hydrogens (tertiary/aromatic N) is 2. The number of methoxy groups -OCH3 is 1. The first-order valence-corrected chi connectivity index (χ1v) is 10.2. The molecule has 2 aromatic rings. The topological polar surface area (TPSA) is 78.0 Å². The van der Waals surface area contributed by atoms with Gasteiger partial charge in [0.05, 0.1) is 30.8 Å². The maximum atomic E-state index is 12.9. The van der Waals surface area contributed by atoms with E-state index in [0.717, 1.165) is 18.5 Å². The highest BCUT2D eigenvalue weighted by Gasteiger charge is 2.30. The van der Waals surface area contributed by atoms with Crippen LogP contribution in [0.1, 0.15) is 35.8 Å². The number of ether oxygens (including phenoxy) is 3. The lowest BCUT2D eigenvalue weighted by molar-refractivity contribution is -0.149. The minimum atomic E-state index is -0.264. The van der Waals surface area contributed by atoms with Crippen molar-refractivity contribution in [3.63, 3.8) is 0 Å². The van der Waals surface area contributed by atoms with Crippen LogP contribution in [-0.4, -0.2) is 48.6 Å². The van der Waals surface area contributed by atoms with Crippen LogP contribution in [0.4, 0.5) is 0 Å². The molecular weight excluding hydrogens is 380 g/mol. The molecule has 3 rings (SSSR count). The number of piperidine rings is 1. The lowest BCUT2D eigenvalue weighted by Crippen LogP contribution is -2.42. The van der Waals surface area contributed by atoms with Crippen molar-refractivity contribution in [2.75, 3.05) is 26.8 Å². The standard InChI is InChI=1S/C20H24N2O5S/c1-3-26-20(24)15-5-4-8-22(10-15)19(23)14-6-7-17(18(9-14)25-2)27-11-16-12-28-13-21-16/h6-7,9,12-13,15H,3-5,8,10-11H2,1-2H3. The van der Waals surface area contributed by atoms with Gasteiger partial charge in [0.1, 0.15) is 6.61 Å². The first kappa shape index (κ1) is 20.1. The Hall–Kier alpha value is -2.61. The van der Waals surface area contributed by atoms with E-state index in [0.29, 0.717) is 43.4 Å². The van der Waals surface area contributed by atoms with Gasteiger partial charge in [0.25, 0.3) is 5.91 Å². The van der Waals surface area contributed by atoms with Crippen molar-refractivity contribution in [3.8, 4) is 11.5 Å². The summed E-state index contributed by atoms with van der Waals surface area (Å²) in [6.45, 7) is 3.47. The molecule has 28 heavy (non-hydrogen) atoms. The number of likely N-dealkylation sites (tertiary alicyclic amines) is 1. The van der Waals surface area contributed by atoms with Crippen molar-refractivity contribution < 1.29 is 23.8 Å². The minimum absolute atomic E-state index is 0.127. The van der Waals surface area contributed by atoms with E-state index in [9.17, 15) is 9.59 Å². The summed E-state index contributed by atoms with van der Waals surface area (Å²) in [6.07, 6.45) is 1.52. The second-order valence-electron chi connectivity index (χ2n) is 6.48. The molecule has 1 saturated heterocycles. The lowest BCUT2D eigenvalue weighted by Gasteiger charge is -2.31. The molecule has 7 nitrogen and oxygen atoms in total. The van der Waals surface area contributed by atoms with Gasteiger partial charge in [-0.15, -0.1) is 11.3 Å². The molecule has 2 heterocycles. The number of carbonyl (C=O) groups excluding carboxylic acids is 2. The van der Waals surface area contributed by atoms with Crippen LogP contribution >= 0.6 is 11.3 Å². The summed E-state index contributed by atoms with van der Waals surface area (Å²) in [5.74, 6) is 0.414. The Labute approximate surface area is 168 Å². The smallest absolute Gasteiger partial charge is 0.310 e. The summed E-state index contributed by atoms with van der Waals surface area (Å²) in [7, 11) is 1.54. The molecule has 1 amide bonds. The number of amides is 1. The van der Waals surface area contributed by atoms with Crippen molar-refractivity contribution in [1.82, 2.24) is 9.88 Å². The van der Waals surface area contributed by atoms with Crippen LogP contribution < -0.4 is 9.47 Å². The fourth-order valence-corrected chi connectivity index (χ4v) is 3.72. The van der Waals surface area contributed by atoms with Gasteiger partial charge in [-0.3, -0.25) is 9.59 Å². The van der Waals surface area contributed by atoms with Gasteiger partial charge in [-0.05, 0) is 38.0 Å². The van der Waals surface area contributed by atoms with Gasteiger partial charge in [-0.2, -0.15) is 0 Å². The van der Waals surface area contributed by atoms with Gasteiger partial charge in [0.2, 0.25) is 0 Å². The van der Waals surface area contributed by atoms with Crippen LogP contribution in [0, 0.1) is 5.92 Å². The largest absolute Gasteiger partial charge is 0.493 e. The summed E-state index contributed by atoms with van der Waals surface area (Å²) >= 11 is 1.51. The summed E-state index contributed by atoms with van der Waals surface area (Å²) in [5.41, 5.74) is 3.09. The number of thiazole rings is 1. The highest BCUT2D eigenvalue weighted by atomic mass is 32.1. The fraction of sp³-hybridized carbons (Fsp3) is 0.450. The van der Waals surface area contributed by atoms with Crippen molar-refractivity contribution in [2.45, 2.75) is 26.4 Å². The fourth-order valence-electron chi connectivity index (χ4n) is 3.18. The van der Waals surface area contributed by atoms with Crippen molar-refractivity contribution in [1.29, 1.82) is 0 Å². The van der Waals surface area contributed by atoms with Crippen LogP contribution in [0.2, 0.25) is 0 Å². The zero-order chi connectivity index (χ0) is 19.9. The van der Waals surface area contributed by atoms with Gasteiger partial charge in [-0.25, -0.2) is 4.98 Å². The second kappa shape index (κ2) is 9.54. The average molecular weight is 404 g/mol. The Balaban J connectivity index is 1.68. The summed E-state index contributed by atoms with van der Waals surface area (Å²) in [4.78, 5) is 30.8. The molecule has 0 N–H and O–H groups in total. The zero-order valence-electron chi connectivity index (χ0n) is 16.1. The Morgan fingerprint density at radius 3 is 2.89 bits per heavy atom. The number of hydrogen-bond donors (Lipinski definition) is 0. The maximum absolute atomic E-state index is 12.9. The Bertz CT molecular complexity index is 809. The molecule has 0 radical (unpaired) electrons. The van der Waals surface area contributed by atoms with Crippen LogP contribution in [0.5, 0.6) is 11.5 Å². The molecular formula is C20H24N2O5S. The maximum Gasteiger partial charge on any atom is 0.310 e. The molecule has 1 atom stereocenters. The highest BCUT2D eigenvalue weighted by molar-refractivity contribution is 7.07. The quantitative estimate of drug-likeness (QED) is 0.660. The molecule has 1 aromatic heterocycles. The molecule has 150 valence electrons. The molecule has 8 heteroatoms. The molecule has 0 saturated carbocycles. The molecule has 1 fully saturated rings. The monoisotopic (exact) mass is 404 g/mol. The lowest BCUT2D eigenvalue weighted by atomic mass is 9.97. The van der Waals surface area contributed by atoms with E-state index in [1.165, 1.54) is 18.4 Å². The van der Waals surface area contributed by atoms with Crippen LogP contribution in [0.15, 0.2) is 29.1 Å². The summed E-state index contributed by atoms with van der Waals surface area (Å²) < 4.78 is 16.3. The minimum Gasteiger partial charge on any atom is -0.493 e. The SMILES string of the molecule is CCOC(=O)C1CCCN(C(=O)c2ccc(OCc3cscn3)c(OC)c2)C1. The third-order valence-corrected chi connectivity index (χ3v) is 5.23. The predicted octanol–water partition coefficient (Wildman–Crippen LogP) is 3.15. The Kier molecular flexibility index (Phi) is 6.86. The van der Waals surface area contributed by atoms with Crippen LogP contribution in [0.25, 0.3) is 0 Å². The van der Waals surface area contributed by atoms with E-state index in [1.54, 1.807) is 35.5 Å². The van der Waals surface area contributed by atoms with E-state index in [2.05, 4.69) is 4.98 Å². The number of benzene rings is 1. The normalized spacial score (nSPS) is 16.5. The molecule has 1 aliphatic heterocycles. The molecule has 1 aliphatic rings. The van der Waals surface area contributed by atoms with E-state index >= 15 is 0 Å². The van der Waals surface area contributed by atoms with Crippen molar-refractivity contribution in [3.05, 3.63) is 40.3 Å². The van der Waals surface area contributed by atoms with Crippen LogP contribution in [-0.2, 0) is 16.1 Å². The summed E-state index contributed by atoms with van der Waals surface area (Å²) in [5, 5.41) is 1.92. The number of carbonyl (C=O) groups is 2. The number of hydrogen-bond acceptors (Lipinski definition) is 7. The van der Waals surface area contributed by atoms with Gasteiger partial charge in [-0.1, -0.05) is 0 Å². The molecule has 1 aromatic carbocycles. The molecule has 0 bridgehead atoms. The van der Waals surface area contributed by atoms with E-state index < -0.39 is 0 Å². The first-order chi connectivity index (χ1) is 13.6. The average Bonchev–Trinajstić information content (AvgIpc) is 3.25. The predicted molar refractivity (Wildman–Crippen MR) is 105 cm³/mol. The van der Waals surface area contributed by atoms with E-state index in [-0.39, 0.29) is 17.8 Å². The highest BCUT2D eigenvalue weighted by Crippen LogP contribution is 2.30. The van der Waals surface area contributed by atoms with Crippen molar-refractivity contribution >= 4 is 23.2 Å². The van der Waals surface area contributed by atoms with Gasteiger partial charge < -0.3 is 19.1 Å². The van der Waals surface area contributed by atoms with E-state index in [4.69, 9.17) is 14.2 Å². The van der Waals surface area contributed by atoms with Gasteiger partial charge in [0, 0.05) is 24.0 Å². The second-order valence-corrected chi connectivity index (χ2v) is 7.20. The Morgan fingerprint density at radius 1 is 1.32 bits per heavy atom. The molecule has 0 spiro atoms. The van der Waals surface area contributed by atoms with E-state index in [1.807, 2.05) is 5.38 Å². The number of rotatable bonds is 7. The summed E-state index contributed by atoms with van der Waals surface area (Å²) in [6, 6.07) is 5.12. The van der Waals surface area contributed by atoms with Crippen molar-refractivity contribution in [2.24, 2.45) is 5.92 Å². The van der Waals surface area contributed by atoms with Gasteiger partial charge in [0.15, 0.2) is 11.5 Å².